The number of carbonyl (C=O) groups excluding carboxylic acids is 1. The van der Waals surface area contributed by atoms with Gasteiger partial charge in [-0.15, -0.1) is 0 Å². The molecular weight excluding hydrogens is 343 g/mol. The van der Waals surface area contributed by atoms with Crippen molar-refractivity contribution < 1.29 is 4.79 Å². The smallest absolute Gasteiger partial charge is 0.253 e. The van der Waals surface area contributed by atoms with Crippen molar-refractivity contribution in [3.63, 3.8) is 0 Å². The van der Waals surface area contributed by atoms with Gasteiger partial charge < -0.3 is 5.32 Å². The van der Waals surface area contributed by atoms with Gasteiger partial charge in [-0.05, 0) is 17.2 Å². The number of rotatable bonds is 4. The summed E-state index contributed by atoms with van der Waals surface area (Å²) in [5.74, 6) is -0.265. The van der Waals surface area contributed by atoms with Crippen molar-refractivity contribution in [1.29, 1.82) is 0 Å². The molecule has 0 aliphatic rings. The van der Waals surface area contributed by atoms with E-state index < -0.39 is 0 Å². The zero-order valence-electron chi connectivity index (χ0n) is 12.6. The van der Waals surface area contributed by atoms with Gasteiger partial charge in [-0.1, -0.05) is 83.9 Å². The summed E-state index contributed by atoms with van der Waals surface area (Å²) in [6.07, 6.45) is 1.41. The zero-order chi connectivity index (χ0) is 16.9. The van der Waals surface area contributed by atoms with Crippen LogP contribution in [0, 0.1) is 0 Å². The molecule has 0 radical (unpaired) electrons. The van der Waals surface area contributed by atoms with Gasteiger partial charge in [-0.2, -0.15) is 0 Å². The Bertz CT molecular complexity index is 799. The van der Waals surface area contributed by atoms with Crippen LogP contribution < -0.4 is 5.32 Å². The van der Waals surface area contributed by atoms with E-state index in [1.54, 1.807) is 0 Å². The van der Waals surface area contributed by atoms with Crippen molar-refractivity contribution in [3.8, 4) is 0 Å². The number of halogens is 2. The first-order valence-electron chi connectivity index (χ1n) is 7.37. The molecule has 0 bridgehead atoms. The van der Waals surface area contributed by atoms with E-state index in [0.29, 0.717) is 5.56 Å². The minimum atomic E-state index is -0.269. The van der Waals surface area contributed by atoms with Gasteiger partial charge in [0.15, 0.2) is 0 Å². The second-order valence-electron chi connectivity index (χ2n) is 5.22. The van der Waals surface area contributed by atoms with E-state index in [1.165, 1.54) is 12.3 Å². The minimum absolute atomic E-state index is 0.177. The van der Waals surface area contributed by atoms with Crippen LogP contribution in [0.5, 0.6) is 0 Å². The lowest BCUT2D eigenvalue weighted by atomic mass is 9.98. The zero-order valence-corrected chi connectivity index (χ0v) is 14.1. The van der Waals surface area contributed by atoms with Crippen LogP contribution in [0.2, 0.25) is 10.2 Å². The molecule has 0 fully saturated rings. The number of aromatic nitrogens is 1. The minimum Gasteiger partial charge on any atom is -0.341 e. The molecule has 0 spiro atoms. The number of nitrogens with zero attached hydrogens (tertiary/aromatic N) is 1. The fourth-order valence-electron chi connectivity index (χ4n) is 2.41. The molecule has 24 heavy (non-hydrogen) atoms. The first-order chi connectivity index (χ1) is 11.6. The maximum atomic E-state index is 12.6. The third kappa shape index (κ3) is 3.75. The third-order valence-electron chi connectivity index (χ3n) is 3.60. The Morgan fingerprint density at radius 3 is 1.96 bits per heavy atom. The van der Waals surface area contributed by atoms with E-state index in [0.717, 1.165) is 11.1 Å². The Kier molecular flexibility index (Phi) is 5.14. The standard InChI is InChI=1S/C19H14Cl2N2O/c20-16-11-15(12-22-18(16)21)19(24)23-17(13-7-3-1-4-8-13)14-9-5-2-6-10-14/h1-12,17H,(H,23,24). The van der Waals surface area contributed by atoms with E-state index in [-0.39, 0.29) is 22.1 Å². The quantitative estimate of drug-likeness (QED) is 0.675. The van der Waals surface area contributed by atoms with E-state index >= 15 is 0 Å². The van der Waals surface area contributed by atoms with E-state index in [9.17, 15) is 4.79 Å². The first-order valence-corrected chi connectivity index (χ1v) is 8.12. The van der Waals surface area contributed by atoms with Crippen molar-refractivity contribution in [3.05, 3.63) is 99.8 Å². The fraction of sp³-hybridized carbons (Fsp3) is 0.0526. The second kappa shape index (κ2) is 7.47. The predicted molar refractivity (Wildman–Crippen MR) is 96.5 cm³/mol. The Labute approximate surface area is 150 Å². The number of pyridine rings is 1. The number of hydrogen-bond donors (Lipinski definition) is 1. The van der Waals surface area contributed by atoms with E-state index in [4.69, 9.17) is 23.2 Å². The molecule has 2 aromatic carbocycles. The van der Waals surface area contributed by atoms with Crippen LogP contribution >= 0.6 is 23.2 Å². The number of hydrogen-bond acceptors (Lipinski definition) is 2. The summed E-state index contributed by atoms with van der Waals surface area (Å²) in [4.78, 5) is 16.5. The molecule has 0 saturated carbocycles. The number of nitrogens with one attached hydrogen (secondary N) is 1. The summed E-state index contributed by atoms with van der Waals surface area (Å²) in [6, 6.07) is 20.8. The van der Waals surface area contributed by atoms with Crippen molar-refractivity contribution in [2.45, 2.75) is 6.04 Å². The normalized spacial score (nSPS) is 10.6. The molecule has 3 nitrogen and oxygen atoms in total. The lowest BCUT2D eigenvalue weighted by Crippen LogP contribution is -2.29. The molecular formula is C19H14Cl2N2O. The molecule has 1 amide bonds. The molecule has 0 saturated heterocycles. The Hall–Kier alpha value is -2.36. The van der Waals surface area contributed by atoms with Crippen molar-refractivity contribution in [2.24, 2.45) is 0 Å². The summed E-state index contributed by atoms with van der Waals surface area (Å²) >= 11 is 11.8. The molecule has 1 aromatic heterocycles. The molecule has 3 rings (SSSR count). The maximum absolute atomic E-state index is 12.6. The summed E-state index contributed by atoms with van der Waals surface area (Å²) in [7, 11) is 0. The number of benzene rings is 2. The summed E-state index contributed by atoms with van der Waals surface area (Å²) in [6.45, 7) is 0. The van der Waals surface area contributed by atoms with Crippen LogP contribution in [0.15, 0.2) is 72.9 Å². The molecule has 1 heterocycles. The molecule has 5 heteroatoms. The highest BCUT2D eigenvalue weighted by Gasteiger charge is 2.18. The van der Waals surface area contributed by atoms with Crippen molar-refractivity contribution in [2.75, 3.05) is 0 Å². The van der Waals surface area contributed by atoms with Gasteiger partial charge in [-0.25, -0.2) is 4.98 Å². The topological polar surface area (TPSA) is 42.0 Å². The van der Waals surface area contributed by atoms with Crippen molar-refractivity contribution >= 4 is 29.1 Å². The fourth-order valence-corrected chi connectivity index (χ4v) is 2.68. The SMILES string of the molecule is O=C(NC(c1ccccc1)c1ccccc1)c1cnc(Cl)c(Cl)c1. The molecule has 0 aliphatic heterocycles. The molecule has 0 unspecified atom stereocenters. The average Bonchev–Trinajstić information content (AvgIpc) is 2.63. The monoisotopic (exact) mass is 356 g/mol. The van der Waals surface area contributed by atoms with Gasteiger partial charge in [0.05, 0.1) is 16.6 Å². The molecule has 0 aliphatic carbocycles. The second-order valence-corrected chi connectivity index (χ2v) is 5.99. The maximum Gasteiger partial charge on any atom is 0.253 e. The van der Waals surface area contributed by atoms with Crippen LogP contribution in [0.4, 0.5) is 0 Å². The molecule has 1 N–H and O–H groups in total. The van der Waals surface area contributed by atoms with Crippen LogP contribution in [-0.2, 0) is 0 Å². The van der Waals surface area contributed by atoms with Crippen LogP contribution in [0.25, 0.3) is 0 Å². The van der Waals surface area contributed by atoms with Gasteiger partial charge in [0.2, 0.25) is 0 Å². The number of carbonyl (C=O) groups is 1. The van der Waals surface area contributed by atoms with Crippen molar-refractivity contribution in [1.82, 2.24) is 10.3 Å². The highest BCUT2D eigenvalue weighted by Crippen LogP contribution is 2.24. The van der Waals surface area contributed by atoms with E-state index in [2.05, 4.69) is 10.3 Å². The third-order valence-corrected chi connectivity index (χ3v) is 4.29. The Morgan fingerprint density at radius 2 is 1.46 bits per heavy atom. The van der Waals surface area contributed by atoms with Gasteiger partial charge in [0.1, 0.15) is 5.15 Å². The van der Waals surface area contributed by atoms with Gasteiger partial charge in [0, 0.05) is 6.20 Å². The first kappa shape index (κ1) is 16.5. The molecule has 0 atom stereocenters. The largest absolute Gasteiger partial charge is 0.341 e. The van der Waals surface area contributed by atoms with Gasteiger partial charge >= 0.3 is 0 Å². The summed E-state index contributed by atoms with van der Waals surface area (Å²) in [5.41, 5.74) is 2.34. The van der Waals surface area contributed by atoms with Crippen LogP contribution in [-0.4, -0.2) is 10.9 Å². The predicted octanol–water partition coefficient (Wildman–Crippen LogP) is 4.91. The Morgan fingerprint density at radius 1 is 0.917 bits per heavy atom. The molecule has 3 aromatic rings. The van der Waals surface area contributed by atoms with Crippen LogP contribution in [0.3, 0.4) is 0 Å². The lowest BCUT2D eigenvalue weighted by Gasteiger charge is -2.20. The Balaban J connectivity index is 1.92. The highest BCUT2D eigenvalue weighted by molar-refractivity contribution is 6.41. The number of amides is 1. The molecule has 120 valence electrons. The van der Waals surface area contributed by atoms with Gasteiger partial charge in [0.25, 0.3) is 5.91 Å². The van der Waals surface area contributed by atoms with Gasteiger partial charge in [-0.3, -0.25) is 4.79 Å². The average molecular weight is 357 g/mol. The highest BCUT2D eigenvalue weighted by atomic mass is 35.5. The van der Waals surface area contributed by atoms with E-state index in [1.807, 2.05) is 60.7 Å². The van der Waals surface area contributed by atoms with Crippen LogP contribution in [0.1, 0.15) is 27.5 Å². The lowest BCUT2D eigenvalue weighted by molar-refractivity contribution is 0.0942. The summed E-state index contributed by atoms with van der Waals surface area (Å²) < 4.78 is 0. The summed E-state index contributed by atoms with van der Waals surface area (Å²) in [5, 5.41) is 3.46.